The molecule has 3 N–H and O–H groups in total. The Balaban J connectivity index is 2.61. The van der Waals surface area contributed by atoms with Gasteiger partial charge in [-0.15, -0.1) is 0 Å². The molecule has 1 saturated heterocycles. The second-order valence-electron chi connectivity index (χ2n) is 3.22. The van der Waals surface area contributed by atoms with E-state index in [1.165, 1.54) is 6.92 Å². The third-order valence-corrected chi connectivity index (χ3v) is 2.06. The van der Waals surface area contributed by atoms with Crippen molar-refractivity contribution in [2.24, 2.45) is 0 Å². The molecule has 6 nitrogen and oxygen atoms in total. The van der Waals surface area contributed by atoms with Crippen LogP contribution in [-0.2, 0) is 14.3 Å². The van der Waals surface area contributed by atoms with E-state index in [-0.39, 0.29) is 12.5 Å². The molecule has 4 atom stereocenters. The summed E-state index contributed by atoms with van der Waals surface area (Å²) in [5, 5.41) is 20.8. The van der Waals surface area contributed by atoms with Crippen molar-refractivity contribution >= 4 is 12.2 Å². The van der Waals surface area contributed by atoms with Crippen molar-refractivity contribution in [1.29, 1.82) is 0 Å². The molecule has 0 aromatic rings. The van der Waals surface area contributed by atoms with Gasteiger partial charge >= 0.3 is 0 Å². The standard InChI is InChI=1S/C8H13NO5/c1-4(11)9-5(2-10)8-7(13)6(12)3-14-8/h2,5-8,12-13H,3H2,1H3,(H,9,11)/t5-,6+,7+,8+/m0/s1. The highest BCUT2D eigenvalue weighted by atomic mass is 16.5. The first-order chi connectivity index (χ1) is 6.56. The van der Waals surface area contributed by atoms with Crippen molar-refractivity contribution in [3.63, 3.8) is 0 Å². The maximum Gasteiger partial charge on any atom is 0.217 e. The smallest absolute Gasteiger partial charge is 0.217 e. The summed E-state index contributed by atoms with van der Waals surface area (Å²) in [6.07, 6.45) is -2.53. The fraction of sp³-hybridized carbons (Fsp3) is 0.750. The van der Waals surface area contributed by atoms with Gasteiger partial charge in [0.05, 0.1) is 6.61 Å². The second-order valence-corrected chi connectivity index (χ2v) is 3.22. The van der Waals surface area contributed by atoms with Gasteiger partial charge in [-0.3, -0.25) is 4.79 Å². The van der Waals surface area contributed by atoms with Crippen molar-refractivity contribution in [2.45, 2.75) is 31.3 Å². The molecule has 0 bridgehead atoms. The Morgan fingerprint density at radius 2 is 2.29 bits per heavy atom. The van der Waals surface area contributed by atoms with Crippen molar-refractivity contribution < 1.29 is 24.5 Å². The van der Waals surface area contributed by atoms with Gasteiger partial charge in [-0.25, -0.2) is 0 Å². The van der Waals surface area contributed by atoms with Crippen LogP contribution in [0.3, 0.4) is 0 Å². The number of hydrogen-bond donors (Lipinski definition) is 3. The number of aliphatic hydroxyl groups is 2. The van der Waals surface area contributed by atoms with Crippen LogP contribution < -0.4 is 5.32 Å². The van der Waals surface area contributed by atoms with Gasteiger partial charge < -0.3 is 25.1 Å². The van der Waals surface area contributed by atoms with Crippen LogP contribution >= 0.6 is 0 Å². The van der Waals surface area contributed by atoms with Crippen molar-refractivity contribution in [1.82, 2.24) is 5.32 Å². The van der Waals surface area contributed by atoms with E-state index in [1.54, 1.807) is 0 Å². The topological polar surface area (TPSA) is 95.9 Å². The zero-order valence-corrected chi connectivity index (χ0v) is 7.71. The average molecular weight is 203 g/mol. The Kier molecular flexibility index (Phi) is 3.56. The number of aldehydes is 1. The molecular weight excluding hydrogens is 190 g/mol. The molecule has 1 amide bonds. The van der Waals surface area contributed by atoms with Gasteiger partial charge in [-0.2, -0.15) is 0 Å². The minimum atomic E-state index is -1.14. The minimum absolute atomic E-state index is 0.0320. The first-order valence-electron chi connectivity index (χ1n) is 4.26. The largest absolute Gasteiger partial charge is 0.388 e. The molecule has 0 radical (unpaired) electrons. The van der Waals surface area contributed by atoms with E-state index in [9.17, 15) is 14.7 Å². The summed E-state index contributed by atoms with van der Waals surface area (Å²) in [5.74, 6) is -0.390. The highest BCUT2D eigenvalue weighted by Crippen LogP contribution is 2.16. The van der Waals surface area contributed by atoms with Gasteiger partial charge in [-0.1, -0.05) is 0 Å². The number of rotatable bonds is 3. The summed E-state index contributed by atoms with van der Waals surface area (Å²) in [5.41, 5.74) is 0. The monoisotopic (exact) mass is 203 g/mol. The van der Waals surface area contributed by atoms with Crippen LogP contribution in [0.5, 0.6) is 0 Å². The molecule has 0 spiro atoms. The van der Waals surface area contributed by atoms with Crippen LogP contribution in [0.1, 0.15) is 6.92 Å². The van der Waals surface area contributed by atoms with E-state index in [4.69, 9.17) is 9.84 Å². The van der Waals surface area contributed by atoms with Gasteiger partial charge in [0.15, 0.2) is 0 Å². The molecule has 0 aromatic carbocycles. The summed E-state index contributed by atoms with van der Waals surface area (Å²) in [7, 11) is 0. The lowest BCUT2D eigenvalue weighted by molar-refractivity contribution is -0.125. The van der Waals surface area contributed by atoms with E-state index >= 15 is 0 Å². The third kappa shape index (κ3) is 2.28. The molecule has 1 aliphatic heterocycles. The van der Waals surface area contributed by atoms with Crippen LogP contribution in [0.2, 0.25) is 0 Å². The average Bonchev–Trinajstić information content (AvgIpc) is 2.44. The molecular formula is C8H13NO5. The van der Waals surface area contributed by atoms with E-state index in [0.717, 1.165) is 0 Å². The number of ether oxygens (including phenoxy) is 1. The van der Waals surface area contributed by atoms with Crippen LogP contribution in [0.25, 0.3) is 0 Å². The van der Waals surface area contributed by atoms with Crippen LogP contribution in [0.4, 0.5) is 0 Å². The fourth-order valence-corrected chi connectivity index (χ4v) is 1.37. The Labute approximate surface area is 80.9 Å². The number of aliphatic hydroxyl groups excluding tert-OH is 2. The van der Waals surface area contributed by atoms with Gasteiger partial charge in [0.25, 0.3) is 0 Å². The summed E-state index contributed by atoms with van der Waals surface area (Å²) in [6.45, 7) is 1.23. The van der Waals surface area contributed by atoms with E-state index in [2.05, 4.69) is 5.32 Å². The molecule has 1 heterocycles. The number of carbonyl (C=O) groups is 2. The number of hydrogen-bond acceptors (Lipinski definition) is 5. The maximum absolute atomic E-state index is 10.7. The number of carbonyl (C=O) groups excluding carboxylic acids is 2. The van der Waals surface area contributed by atoms with Gasteiger partial charge in [0.2, 0.25) is 5.91 Å². The van der Waals surface area contributed by atoms with E-state index < -0.39 is 24.4 Å². The predicted octanol–water partition coefficient (Wildman–Crippen LogP) is -2.19. The SMILES string of the molecule is CC(=O)N[C@@H](C=O)[C@H]1OC[C@@H](O)[C@H]1O. The quantitative estimate of drug-likeness (QED) is 0.453. The van der Waals surface area contributed by atoms with E-state index in [0.29, 0.717) is 6.29 Å². The molecule has 1 fully saturated rings. The Morgan fingerprint density at radius 3 is 2.64 bits per heavy atom. The fourth-order valence-electron chi connectivity index (χ4n) is 1.37. The van der Waals surface area contributed by atoms with Crippen molar-refractivity contribution in [3.8, 4) is 0 Å². The summed E-state index contributed by atoms with van der Waals surface area (Å²) in [4.78, 5) is 21.3. The molecule has 14 heavy (non-hydrogen) atoms. The molecule has 6 heteroatoms. The minimum Gasteiger partial charge on any atom is -0.388 e. The summed E-state index contributed by atoms with van der Waals surface area (Å²) >= 11 is 0. The van der Waals surface area contributed by atoms with Gasteiger partial charge in [0.1, 0.15) is 30.6 Å². The molecule has 1 rings (SSSR count). The highest BCUT2D eigenvalue weighted by molar-refractivity contribution is 5.77. The Hall–Kier alpha value is -0.980. The van der Waals surface area contributed by atoms with Gasteiger partial charge in [0, 0.05) is 6.92 Å². The zero-order chi connectivity index (χ0) is 10.7. The van der Waals surface area contributed by atoms with Crippen LogP contribution in [-0.4, -0.2) is 53.4 Å². The number of amides is 1. The van der Waals surface area contributed by atoms with Crippen LogP contribution in [0, 0.1) is 0 Å². The number of nitrogens with one attached hydrogen (secondary N) is 1. The molecule has 0 aromatic heterocycles. The molecule has 1 aliphatic rings. The molecule has 80 valence electrons. The lowest BCUT2D eigenvalue weighted by Crippen LogP contribution is -2.49. The Bertz CT molecular complexity index is 232. The lowest BCUT2D eigenvalue weighted by Gasteiger charge is -2.21. The first-order valence-corrected chi connectivity index (χ1v) is 4.26. The Morgan fingerprint density at radius 1 is 1.64 bits per heavy atom. The lowest BCUT2D eigenvalue weighted by atomic mass is 10.1. The highest BCUT2D eigenvalue weighted by Gasteiger charge is 2.40. The zero-order valence-electron chi connectivity index (χ0n) is 7.71. The third-order valence-electron chi connectivity index (χ3n) is 2.06. The maximum atomic E-state index is 10.7. The van der Waals surface area contributed by atoms with Gasteiger partial charge in [-0.05, 0) is 0 Å². The second kappa shape index (κ2) is 4.50. The molecule has 0 unspecified atom stereocenters. The van der Waals surface area contributed by atoms with Crippen molar-refractivity contribution in [2.75, 3.05) is 6.61 Å². The summed E-state index contributed by atoms with van der Waals surface area (Å²) in [6, 6.07) is -0.917. The van der Waals surface area contributed by atoms with Crippen molar-refractivity contribution in [3.05, 3.63) is 0 Å². The predicted molar refractivity (Wildman–Crippen MR) is 45.4 cm³/mol. The summed E-state index contributed by atoms with van der Waals surface area (Å²) < 4.78 is 4.99. The van der Waals surface area contributed by atoms with E-state index in [1.807, 2.05) is 0 Å². The van der Waals surface area contributed by atoms with Crippen LogP contribution in [0.15, 0.2) is 0 Å². The molecule has 0 aliphatic carbocycles. The first kappa shape index (κ1) is 11.1. The molecule has 0 saturated carbocycles. The normalized spacial score (nSPS) is 33.8.